The zero-order valence-corrected chi connectivity index (χ0v) is 17.4. The molecule has 0 atom stereocenters. The van der Waals surface area contributed by atoms with E-state index in [9.17, 15) is 4.79 Å². The summed E-state index contributed by atoms with van der Waals surface area (Å²) in [5, 5.41) is 4.04. The molecular weight excluding hydrogens is 382 g/mol. The van der Waals surface area contributed by atoms with E-state index in [2.05, 4.69) is 34.5 Å². The molecule has 1 aromatic heterocycles. The van der Waals surface area contributed by atoms with E-state index in [0.717, 1.165) is 53.0 Å². The van der Waals surface area contributed by atoms with Gasteiger partial charge in [0.1, 0.15) is 0 Å². The smallest absolute Gasteiger partial charge is 0.255 e. The number of nitrogens with zero attached hydrogens (tertiary/aromatic N) is 2. The first-order valence-corrected chi connectivity index (χ1v) is 10.8. The van der Waals surface area contributed by atoms with Gasteiger partial charge >= 0.3 is 0 Å². The molecule has 0 spiro atoms. The van der Waals surface area contributed by atoms with Gasteiger partial charge in [-0.25, -0.2) is 0 Å². The Morgan fingerprint density at radius 2 is 1.58 bits per heavy atom. The Morgan fingerprint density at radius 1 is 0.839 bits per heavy atom. The maximum Gasteiger partial charge on any atom is 0.255 e. The van der Waals surface area contributed by atoms with Crippen LogP contribution in [0.3, 0.4) is 0 Å². The van der Waals surface area contributed by atoms with Crippen molar-refractivity contribution in [2.45, 2.75) is 19.4 Å². The molecule has 1 aliphatic rings. The molecule has 31 heavy (non-hydrogen) atoms. The number of carbonyl (C=O) groups is 1. The number of rotatable bonds is 5. The highest BCUT2D eigenvalue weighted by Gasteiger charge is 2.13. The van der Waals surface area contributed by atoms with Gasteiger partial charge in [0.25, 0.3) is 5.91 Å². The second-order valence-corrected chi connectivity index (χ2v) is 8.09. The van der Waals surface area contributed by atoms with Crippen LogP contribution in [-0.4, -0.2) is 28.9 Å². The summed E-state index contributed by atoms with van der Waals surface area (Å²) in [5.74, 6) is -0.113. The number of hydrogen-bond donors (Lipinski definition) is 1. The minimum atomic E-state index is -0.113. The van der Waals surface area contributed by atoms with Gasteiger partial charge in [0.15, 0.2) is 0 Å². The zero-order valence-electron chi connectivity index (χ0n) is 17.4. The highest BCUT2D eigenvalue weighted by Crippen LogP contribution is 2.22. The fraction of sp³-hybridized carbons (Fsp3) is 0.185. The first-order chi connectivity index (χ1) is 15.2. The Labute approximate surface area is 182 Å². The van der Waals surface area contributed by atoms with Gasteiger partial charge in [-0.15, -0.1) is 0 Å². The van der Waals surface area contributed by atoms with Crippen molar-refractivity contribution in [2.24, 2.45) is 0 Å². The van der Waals surface area contributed by atoms with Gasteiger partial charge in [-0.1, -0.05) is 48.5 Å². The molecule has 5 rings (SSSR count). The third-order valence-electron chi connectivity index (χ3n) is 5.84. The maximum absolute atomic E-state index is 12.7. The van der Waals surface area contributed by atoms with Crippen molar-refractivity contribution in [3.8, 4) is 11.1 Å². The second-order valence-electron chi connectivity index (χ2n) is 8.09. The molecule has 154 valence electrons. The van der Waals surface area contributed by atoms with Crippen molar-refractivity contribution in [1.29, 1.82) is 0 Å². The Hall–Kier alpha value is -3.50. The third-order valence-corrected chi connectivity index (χ3v) is 5.84. The summed E-state index contributed by atoms with van der Waals surface area (Å²) < 4.78 is 0. The quantitative estimate of drug-likeness (QED) is 0.458. The van der Waals surface area contributed by atoms with Gasteiger partial charge in [-0.3, -0.25) is 14.7 Å². The molecule has 1 saturated heterocycles. The van der Waals surface area contributed by atoms with Crippen molar-refractivity contribution in [3.05, 3.63) is 96.2 Å². The number of likely N-dealkylation sites (tertiary alicyclic amines) is 1. The van der Waals surface area contributed by atoms with Crippen molar-refractivity contribution in [3.63, 3.8) is 0 Å². The highest BCUT2D eigenvalue weighted by molar-refractivity contribution is 6.05. The van der Waals surface area contributed by atoms with E-state index in [1.54, 1.807) is 0 Å². The highest BCUT2D eigenvalue weighted by atomic mass is 16.1. The van der Waals surface area contributed by atoms with Crippen molar-refractivity contribution in [1.82, 2.24) is 9.88 Å². The number of fused-ring (bicyclic) bond motifs is 1. The average molecular weight is 408 g/mol. The Bertz CT molecular complexity index is 1200. The number of nitrogens with one attached hydrogen (secondary N) is 1. The molecule has 0 radical (unpaired) electrons. The fourth-order valence-corrected chi connectivity index (χ4v) is 4.15. The summed E-state index contributed by atoms with van der Waals surface area (Å²) in [5.41, 5.74) is 5.71. The summed E-state index contributed by atoms with van der Waals surface area (Å²) in [4.78, 5) is 20.0. The molecule has 1 amide bonds. The zero-order chi connectivity index (χ0) is 21.0. The van der Waals surface area contributed by atoms with Gasteiger partial charge in [0, 0.05) is 23.2 Å². The molecule has 0 unspecified atom stereocenters. The van der Waals surface area contributed by atoms with Crippen LogP contribution < -0.4 is 5.32 Å². The number of pyridine rings is 1. The molecule has 1 fully saturated rings. The van der Waals surface area contributed by atoms with E-state index in [4.69, 9.17) is 4.98 Å². The molecule has 0 bridgehead atoms. The lowest BCUT2D eigenvalue weighted by Crippen LogP contribution is -2.19. The number of hydrogen-bond acceptors (Lipinski definition) is 3. The minimum Gasteiger partial charge on any atom is -0.322 e. The van der Waals surface area contributed by atoms with Crippen LogP contribution in [0.4, 0.5) is 5.69 Å². The van der Waals surface area contributed by atoms with E-state index >= 15 is 0 Å². The van der Waals surface area contributed by atoms with Crippen LogP contribution >= 0.6 is 0 Å². The van der Waals surface area contributed by atoms with Crippen LogP contribution in [0.25, 0.3) is 22.0 Å². The van der Waals surface area contributed by atoms with Crippen molar-refractivity contribution in [2.75, 3.05) is 18.4 Å². The molecule has 0 saturated carbocycles. The van der Waals surface area contributed by atoms with Crippen LogP contribution in [0.1, 0.15) is 28.9 Å². The van der Waals surface area contributed by atoms with Gasteiger partial charge in [0.2, 0.25) is 0 Å². The Balaban J connectivity index is 1.28. The van der Waals surface area contributed by atoms with Crippen molar-refractivity contribution >= 4 is 22.5 Å². The van der Waals surface area contributed by atoms with Crippen molar-refractivity contribution < 1.29 is 4.79 Å². The predicted molar refractivity (Wildman–Crippen MR) is 126 cm³/mol. The SMILES string of the molecule is O=C(Nc1ccc2nc(CN3CCCC3)ccc2c1)c1ccc(-c2ccccc2)cc1. The molecule has 4 aromatic rings. The first-order valence-electron chi connectivity index (χ1n) is 10.8. The van der Waals surface area contributed by atoms with Crippen LogP contribution in [0.2, 0.25) is 0 Å². The van der Waals surface area contributed by atoms with E-state index in [0.29, 0.717) is 5.56 Å². The lowest BCUT2D eigenvalue weighted by molar-refractivity contribution is 0.102. The summed E-state index contributed by atoms with van der Waals surface area (Å²) in [7, 11) is 0. The van der Waals surface area contributed by atoms with Gasteiger partial charge < -0.3 is 5.32 Å². The normalized spacial score (nSPS) is 14.1. The van der Waals surface area contributed by atoms with Crippen LogP contribution in [-0.2, 0) is 6.54 Å². The summed E-state index contributed by atoms with van der Waals surface area (Å²) in [6.45, 7) is 3.24. The first kappa shape index (κ1) is 19.5. The summed E-state index contributed by atoms with van der Waals surface area (Å²) in [6, 6.07) is 27.9. The van der Waals surface area contributed by atoms with Gasteiger partial charge in [-0.05, 0) is 73.5 Å². The number of benzene rings is 3. The standard InChI is InChI=1S/C27H25N3O/c31-27(22-10-8-21(9-11-22)20-6-2-1-3-7-20)29-24-14-15-26-23(18-24)12-13-25(28-26)19-30-16-4-5-17-30/h1-3,6-15,18H,4-5,16-17,19H2,(H,29,31). The lowest BCUT2D eigenvalue weighted by Gasteiger charge is -2.14. The average Bonchev–Trinajstić information content (AvgIpc) is 3.33. The summed E-state index contributed by atoms with van der Waals surface area (Å²) >= 11 is 0. The fourth-order valence-electron chi connectivity index (χ4n) is 4.15. The molecule has 0 aliphatic carbocycles. The molecular formula is C27H25N3O. The van der Waals surface area contributed by atoms with Gasteiger partial charge in [-0.2, -0.15) is 0 Å². The number of anilines is 1. The van der Waals surface area contributed by atoms with Crippen LogP contribution in [0.15, 0.2) is 84.9 Å². The maximum atomic E-state index is 12.7. The Kier molecular flexibility index (Phi) is 5.46. The van der Waals surface area contributed by atoms with E-state index in [1.165, 1.54) is 12.8 Å². The topological polar surface area (TPSA) is 45.2 Å². The second kappa shape index (κ2) is 8.70. The van der Waals surface area contributed by atoms with Gasteiger partial charge in [0.05, 0.1) is 11.2 Å². The van der Waals surface area contributed by atoms with Crippen LogP contribution in [0.5, 0.6) is 0 Å². The lowest BCUT2D eigenvalue weighted by atomic mass is 10.0. The number of carbonyl (C=O) groups excluding carboxylic acids is 1. The van der Waals surface area contributed by atoms with E-state index in [-0.39, 0.29) is 5.91 Å². The Morgan fingerprint density at radius 3 is 2.35 bits per heavy atom. The number of aromatic nitrogens is 1. The monoisotopic (exact) mass is 407 g/mol. The third kappa shape index (κ3) is 4.49. The molecule has 4 heteroatoms. The molecule has 3 aromatic carbocycles. The molecule has 1 N–H and O–H groups in total. The molecule has 1 aliphatic heterocycles. The molecule has 2 heterocycles. The molecule has 4 nitrogen and oxygen atoms in total. The minimum absolute atomic E-state index is 0.113. The van der Waals surface area contributed by atoms with E-state index < -0.39 is 0 Å². The largest absolute Gasteiger partial charge is 0.322 e. The van der Waals surface area contributed by atoms with E-state index in [1.807, 2.05) is 60.7 Å². The summed E-state index contributed by atoms with van der Waals surface area (Å²) in [6.07, 6.45) is 2.57. The van der Waals surface area contributed by atoms with Crippen LogP contribution in [0, 0.1) is 0 Å². The predicted octanol–water partition coefficient (Wildman–Crippen LogP) is 5.75. The number of amides is 1.